The van der Waals surface area contributed by atoms with Gasteiger partial charge in [-0.2, -0.15) is 0 Å². The van der Waals surface area contributed by atoms with Gasteiger partial charge in [0.1, 0.15) is 17.3 Å². The van der Waals surface area contributed by atoms with E-state index in [9.17, 15) is 5.11 Å². The molecule has 4 rings (SSSR count). The fourth-order valence-electron chi connectivity index (χ4n) is 3.82. The number of benzene rings is 2. The highest BCUT2D eigenvalue weighted by atomic mass is 16.5. The largest absolute Gasteiger partial charge is 0.494 e. The molecule has 0 aliphatic carbocycles. The molecule has 1 fully saturated rings. The van der Waals surface area contributed by atoms with Gasteiger partial charge in [0.2, 0.25) is 0 Å². The molecule has 1 N–H and O–H groups in total. The van der Waals surface area contributed by atoms with Gasteiger partial charge < -0.3 is 19.5 Å². The quantitative estimate of drug-likeness (QED) is 0.729. The summed E-state index contributed by atoms with van der Waals surface area (Å²) < 4.78 is 12.0. The van der Waals surface area contributed by atoms with Crippen molar-refractivity contribution in [3.63, 3.8) is 0 Å². The van der Waals surface area contributed by atoms with Crippen molar-refractivity contribution >= 4 is 5.76 Å². The number of fused-ring (bicyclic) bond motifs is 1. The van der Waals surface area contributed by atoms with Gasteiger partial charge in [-0.15, -0.1) is 0 Å². The summed E-state index contributed by atoms with van der Waals surface area (Å²) in [7, 11) is 0. The van der Waals surface area contributed by atoms with Gasteiger partial charge in [0.05, 0.1) is 12.7 Å². The Morgan fingerprint density at radius 2 is 1.86 bits per heavy atom. The molecule has 0 amide bonds. The van der Waals surface area contributed by atoms with E-state index in [1.807, 2.05) is 30.3 Å². The Kier molecular flexibility index (Phi) is 6.30. The molecule has 0 aromatic heterocycles. The lowest BCUT2D eigenvalue weighted by Crippen LogP contribution is -2.36. The van der Waals surface area contributed by atoms with Crippen LogP contribution in [0.4, 0.5) is 0 Å². The van der Waals surface area contributed by atoms with Gasteiger partial charge in [-0.05, 0) is 62.9 Å². The normalized spacial score (nSPS) is 17.5. The zero-order valence-electron chi connectivity index (χ0n) is 16.3. The maximum Gasteiger partial charge on any atom is 0.131 e. The molecule has 4 nitrogen and oxygen atoms in total. The lowest BCUT2D eigenvalue weighted by Gasteiger charge is -2.29. The van der Waals surface area contributed by atoms with Crippen molar-refractivity contribution in [1.82, 2.24) is 4.90 Å². The van der Waals surface area contributed by atoms with Crippen molar-refractivity contribution in [2.75, 3.05) is 26.2 Å². The Bertz CT molecular complexity index is 795. The number of hydrogen-bond acceptors (Lipinski definition) is 4. The predicted octanol–water partition coefficient (Wildman–Crippen LogP) is 4.28. The van der Waals surface area contributed by atoms with E-state index in [1.165, 1.54) is 5.56 Å². The maximum atomic E-state index is 9.56. The first kappa shape index (κ1) is 19.0. The molecule has 2 aliphatic rings. The second-order valence-electron chi connectivity index (χ2n) is 7.64. The van der Waals surface area contributed by atoms with Crippen molar-refractivity contribution in [2.45, 2.75) is 38.2 Å². The molecule has 2 heterocycles. The monoisotopic (exact) mass is 379 g/mol. The number of piperidine rings is 1. The molecular weight excluding hydrogens is 350 g/mol. The van der Waals surface area contributed by atoms with Crippen molar-refractivity contribution in [3.8, 4) is 11.5 Å². The fourth-order valence-corrected chi connectivity index (χ4v) is 3.82. The van der Waals surface area contributed by atoms with Crippen LogP contribution >= 0.6 is 0 Å². The highest BCUT2D eigenvalue weighted by molar-refractivity contribution is 5.65. The van der Waals surface area contributed by atoms with Crippen LogP contribution in [0, 0.1) is 0 Å². The molecule has 28 heavy (non-hydrogen) atoms. The minimum atomic E-state index is -0.0915. The van der Waals surface area contributed by atoms with Gasteiger partial charge in [-0.25, -0.2) is 0 Å². The van der Waals surface area contributed by atoms with Crippen LogP contribution in [-0.2, 0) is 6.42 Å². The standard InChI is InChI=1S/C24H29NO3/c26-21-12-15-25(16-13-21)14-4-5-17-27-22-9-11-24-20(18-22)8-10-23(28-24)19-6-2-1-3-7-19/h1-3,6-7,9-11,18,21,26H,4-5,8,12-17H2. The third-order valence-electron chi connectivity index (χ3n) is 5.51. The van der Waals surface area contributed by atoms with E-state index in [1.54, 1.807) is 0 Å². The Hall–Kier alpha value is -2.30. The first-order chi connectivity index (χ1) is 13.8. The highest BCUT2D eigenvalue weighted by Crippen LogP contribution is 2.33. The molecule has 0 radical (unpaired) electrons. The zero-order valence-corrected chi connectivity index (χ0v) is 16.3. The van der Waals surface area contributed by atoms with Gasteiger partial charge in [-0.1, -0.05) is 30.3 Å². The number of allylic oxidation sites excluding steroid dienone is 1. The Morgan fingerprint density at radius 1 is 1.04 bits per heavy atom. The van der Waals surface area contributed by atoms with Crippen LogP contribution in [-0.4, -0.2) is 42.4 Å². The zero-order chi connectivity index (χ0) is 19.2. The summed E-state index contributed by atoms with van der Waals surface area (Å²) in [6.45, 7) is 3.87. The van der Waals surface area contributed by atoms with Gasteiger partial charge in [0, 0.05) is 24.2 Å². The molecule has 0 saturated carbocycles. The molecule has 148 valence electrons. The van der Waals surface area contributed by atoms with Crippen LogP contribution in [0.1, 0.15) is 36.8 Å². The summed E-state index contributed by atoms with van der Waals surface area (Å²) in [5, 5.41) is 9.56. The minimum Gasteiger partial charge on any atom is -0.494 e. The summed E-state index contributed by atoms with van der Waals surface area (Å²) in [5.74, 6) is 2.76. The average Bonchev–Trinajstić information content (AvgIpc) is 2.75. The lowest BCUT2D eigenvalue weighted by molar-refractivity contribution is 0.0812. The summed E-state index contributed by atoms with van der Waals surface area (Å²) >= 11 is 0. The number of nitrogens with zero attached hydrogens (tertiary/aromatic N) is 1. The first-order valence-electron chi connectivity index (χ1n) is 10.4. The van der Waals surface area contributed by atoms with Crippen molar-refractivity contribution in [3.05, 3.63) is 65.7 Å². The van der Waals surface area contributed by atoms with E-state index in [0.29, 0.717) is 0 Å². The van der Waals surface area contributed by atoms with E-state index < -0.39 is 0 Å². The molecule has 0 bridgehead atoms. The van der Waals surface area contributed by atoms with Crippen LogP contribution < -0.4 is 9.47 Å². The Balaban J connectivity index is 1.22. The molecule has 0 spiro atoms. The van der Waals surface area contributed by atoms with Crippen molar-refractivity contribution < 1.29 is 14.6 Å². The minimum absolute atomic E-state index is 0.0915. The molecule has 2 aliphatic heterocycles. The van der Waals surface area contributed by atoms with Gasteiger partial charge in [0.15, 0.2) is 0 Å². The molecule has 4 heteroatoms. The average molecular weight is 380 g/mol. The van der Waals surface area contributed by atoms with E-state index in [4.69, 9.17) is 9.47 Å². The Morgan fingerprint density at radius 3 is 2.68 bits per heavy atom. The van der Waals surface area contributed by atoms with E-state index >= 15 is 0 Å². The summed E-state index contributed by atoms with van der Waals surface area (Å²) in [6, 6.07) is 16.3. The number of aliphatic hydroxyl groups excluding tert-OH is 1. The second-order valence-corrected chi connectivity index (χ2v) is 7.64. The summed E-state index contributed by atoms with van der Waals surface area (Å²) in [4.78, 5) is 2.44. The molecular formula is C24H29NO3. The fraction of sp³-hybridized carbons (Fsp3) is 0.417. The van der Waals surface area contributed by atoms with Crippen LogP contribution in [0.2, 0.25) is 0 Å². The van der Waals surface area contributed by atoms with Crippen LogP contribution in [0.25, 0.3) is 5.76 Å². The van der Waals surface area contributed by atoms with E-state index in [0.717, 1.165) is 81.2 Å². The van der Waals surface area contributed by atoms with Crippen LogP contribution in [0.3, 0.4) is 0 Å². The van der Waals surface area contributed by atoms with Gasteiger partial charge >= 0.3 is 0 Å². The third-order valence-corrected chi connectivity index (χ3v) is 5.51. The molecule has 2 aromatic carbocycles. The van der Waals surface area contributed by atoms with Gasteiger partial charge in [0.25, 0.3) is 0 Å². The Labute approximate surface area is 167 Å². The molecule has 0 atom stereocenters. The lowest BCUT2D eigenvalue weighted by atomic mass is 10.0. The summed E-state index contributed by atoms with van der Waals surface area (Å²) in [5.41, 5.74) is 2.28. The van der Waals surface area contributed by atoms with Crippen LogP contribution in [0.5, 0.6) is 11.5 Å². The number of hydrogen-bond donors (Lipinski definition) is 1. The van der Waals surface area contributed by atoms with Crippen molar-refractivity contribution in [2.24, 2.45) is 0 Å². The smallest absolute Gasteiger partial charge is 0.131 e. The highest BCUT2D eigenvalue weighted by Gasteiger charge is 2.16. The summed E-state index contributed by atoms with van der Waals surface area (Å²) in [6.07, 6.45) is 6.90. The molecule has 2 aromatic rings. The second kappa shape index (κ2) is 9.26. The topological polar surface area (TPSA) is 41.9 Å². The predicted molar refractivity (Wildman–Crippen MR) is 112 cm³/mol. The third kappa shape index (κ3) is 4.94. The van der Waals surface area contributed by atoms with Crippen LogP contribution in [0.15, 0.2) is 54.6 Å². The number of ether oxygens (including phenoxy) is 2. The number of likely N-dealkylation sites (tertiary alicyclic amines) is 1. The van der Waals surface area contributed by atoms with Gasteiger partial charge in [-0.3, -0.25) is 0 Å². The molecule has 1 saturated heterocycles. The first-order valence-corrected chi connectivity index (χ1v) is 10.4. The molecule has 0 unspecified atom stereocenters. The van der Waals surface area contributed by atoms with E-state index in [-0.39, 0.29) is 6.10 Å². The number of unbranched alkanes of at least 4 members (excludes halogenated alkanes) is 1. The van der Waals surface area contributed by atoms with Crippen molar-refractivity contribution in [1.29, 1.82) is 0 Å². The maximum absolute atomic E-state index is 9.56. The van der Waals surface area contributed by atoms with E-state index in [2.05, 4.69) is 29.2 Å². The number of aliphatic hydroxyl groups is 1. The number of rotatable bonds is 7. The SMILES string of the molecule is OC1CCN(CCCCOc2ccc3c(c2)CC=C(c2ccccc2)O3)CC1.